The van der Waals surface area contributed by atoms with Crippen molar-refractivity contribution in [2.24, 2.45) is 0 Å². The fourth-order valence-electron chi connectivity index (χ4n) is 8.88. The Morgan fingerprint density at radius 2 is 0.918 bits per heavy atom. The molecule has 0 aliphatic heterocycles. The van der Waals surface area contributed by atoms with Crippen LogP contribution >= 0.6 is 0 Å². The number of rotatable bonds is 4. The molecular weight excluding hydrogens is 593 g/mol. The third-order valence-electron chi connectivity index (χ3n) is 11.0. The van der Waals surface area contributed by atoms with Crippen LogP contribution in [0.15, 0.2) is 164 Å². The van der Waals surface area contributed by atoms with Gasteiger partial charge in [-0.25, -0.2) is 0 Å². The van der Waals surface area contributed by atoms with Gasteiger partial charge in [0.2, 0.25) is 0 Å². The average molecular weight is 628 g/mol. The van der Waals surface area contributed by atoms with Crippen molar-refractivity contribution < 1.29 is 4.57 Å². The molecule has 7 aromatic carbocycles. The Balaban J connectivity index is 1.36. The maximum absolute atomic E-state index is 2.55. The first-order chi connectivity index (χ1) is 24.2. The summed E-state index contributed by atoms with van der Waals surface area (Å²) in [7, 11) is 0. The van der Waals surface area contributed by atoms with Gasteiger partial charge in [0.15, 0.2) is 11.0 Å². The lowest BCUT2D eigenvalue weighted by Gasteiger charge is -2.42. The van der Waals surface area contributed by atoms with Crippen molar-refractivity contribution in [2.75, 3.05) is 0 Å². The van der Waals surface area contributed by atoms with Gasteiger partial charge in [0.25, 0.3) is 5.82 Å². The molecule has 49 heavy (non-hydrogen) atoms. The second kappa shape index (κ2) is 10.8. The molecule has 11 rings (SSSR count). The zero-order valence-corrected chi connectivity index (χ0v) is 27.6. The van der Waals surface area contributed by atoms with Crippen LogP contribution in [0.2, 0.25) is 0 Å². The number of para-hydroxylation sites is 2. The van der Waals surface area contributed by atoms with Gasteiger partial charge in [0.1, 0.15) is 11.4 Å². The lowest BCUT2D eigenvalue weighted by molar-refractivity contribution is -0.574. The maximum atomic E-state index is 2.55. The minimum absolute atomic E-state index is 0.199. The quantitative estimate of drug-likeness (QED) is 0.172. The van der Waals surface area contributed by atoms with E-state index in [0.29, 0.717) is 0 Å². The minimum Gasteiger partial charge on any atom is -0.192 e. The Morgan fingerprint density at radius 1 is 0.449 bits per heavy atom. The van der Waals surface area contributed by atoms with Gasteiger partial charge in [0, 0.05) is 29.9 Å². The van der Waals surface area contributed by atoms with E-state index in [1.165, 1.54) is 89.4 Å². The SMILES string of the molecule is Cc1ccccc1-n1c(C)[n+](-c2c(-c3ccccc3)cccc2-c2ccccc2)c2cc3c(cc21)C1c2ccccc2C3c2ccccc21. The number of imidazole rings is 1. The fourth-order valence-corrected chi connectivity index (χ4v) is 8.88. The molecule has 0 N–H and O–H groups in total. The number of fused-ring (bicyclic) bond motifs is 1. The molecule has 0 saturated carbocycles. The predicted octanol–water partition coefficient (Wildman–Crippen LogP) is 10.8. The number of nitrogens with zero attached hydrogens (tertiary/aromatic N) is 2. The number of aryl methyl sites for hydroxylation is 1. The summed E-state index contributed by atoms with van der Waals surface area (Å²) in [4.78, 5) is 0. The molecule has 0 atom stereocenters. The molecule has 3 aliphatic rings. The van der Waals surface area contributed by atoms with E-state index in [1.54, 1.807) is 0 Å². The Morgan fingerprint density at radius 3 is 1.45 bits per heavy atom. The summed E-state index contributed by atoms with van der Waals surface area (Å²) in [6, 6.07) is 60.6. The number of aromatic nitrogens is 2. The molecule has 0 spiro atoms. The largest absolute Gasteiger partial charge is 0.264 e. The van der Waals surface area contributed by atoms with Crippen LogP contribution in [0.25, 0.3) is 44.7 Å². The second-order valence-corrected chi connectivity index (χ2v) is 13.5. The van der Waals surface area contributed by atoms with Crippen molar-refractivity contribution in [3.8, 4) is 33.6 Å². The summed E-state index contributed by atoms with van der Waals surface area (Å²) in [6.07, 6.45) is 0. The summed E-state index contributed by atoms with van der Waals surface area (Å²) < 4.78 is 5.05. The average Bonchev–Trinajstić information content (AvgIpc) is 3.44. The first-order valence-corrected chi connectivity index (χ1v) is 17.3. The highest BCUT2D eigenvalue weighted by Gasteiger charge is 2.43. The van der Waals surface area contributed by atoms with Gasteiger partial charge in [-0.05, 0) is 75.2 Å². The lowest BCUT2D eigenvalue weighted by atomic mass is 9.61. The summed E-state index contributed by atoms with van der Waals surface area (Å²) >= 11 is 0. The van der Waals surface area contributed by atoms with Crippen molar-refractivity contribution in [2.45, 2.75) is 25.7 Å². The molecule has 2 heteroatoms. The van der Waals surface area contributed by atoms with Gasteiger partial charge < -0.3 is 0 Å². The predicted molar refractivity (Wildman–Crippen MR) is 200 cm³/mol. The Bertz CT molecular complexity index is 2470. The van der Waals surface area contributed by atoms with Gasteiger partial charge in [0.05, 0.1) is 0 Å². The van der Waals surface area contributed by atoms with Gasteiger partial charge >= 0.3 is 0 Å². The van der Waals surface area contributed by atoms with Crippen LogP contribution in [0, 0.1) is 13.8 Å². The Hall–Kier alpha value is -5.99. The van der Waals surface area contributed by atoms with Crippen molar-refractivity contribution in [1.29, 1.82) is 0 Å². The van der Waals surface area contributed by atoms with Crippen molar-refractivity contribution in [3.63, 3.8) is 0 Å². The summed E-state index contributed by atoms with van der Waals surface area (Å²) in [5.41, 5.74) is 19.6. The molecule has 8 aromatic rings. The molecular formula is C47H35N2+. The van der Waals surface area contributed by atoms with Crippen LogP contribution < -0.4 is 4.57 Å². The van der Waals surface area contributed by atoms with Crippen molar-refractivity contribution >= 4 is 11.0 Å². The third kappa shape index (κ3) is 4.04. The molecule has 0 saturated heterocycles. The number of hydrogen-bond donors (Lipinski definition) is 0. The van der Waals surface area contributed by atoms with Crippen molar-refractivity contribution in [3.05, 3.63) is 209 Å². The Labute approximate surface area is 287 Å². The summed E-state index contributed by atoms with van der Waals surface area (Å²) in [5.74, 6) is 1.59. The number of benzene rings is 7. The highest BCUT2D eigenvalue weighted by atomic mass is 15.2. The molecule has 0 amide bonds. The first-order valence-electron chi connectivity index (χ1n) is 17.3. The van der Waals surface area contributed by atoms with Crippen LogP contribution in [-0.4, -0.2) is 4.57 Å². The molecule has 3 aliphatic carbocycles. The normalized spacial score (nSPS) is 15.6. The van der Waals surface area contributed by atoms with Gasteiger partial charge in [-0.15, -0.1) is 0 Å². The van der Waals surface area contributed by atoms with Crippen LogP contribution in [0.4, 0.5) is 0 Å². The monoisotopic (exact) mass is 627 g/mol. The van der Waals surface area contributed by atoms with Gasteiger partial charge in [-0.3, -0.25) is 0 Å². The standard InChI is InChI=1S/C47H35N2/c1-30-16-9-14-27-42(30)48-31(2)49(47-34(32-17-5-3-6-18-32)25-15-26-35(47)33-19-7-4-8-20-33)44-29-41-40(28-43(44)48)45-36-21-10-12-23-38(36)46(41)39-24-13-11-22-37(39)45/h3-29,45-46H,1-2H3/q+1. The van der Waals surface area contributed by atoms with E-state index in [9.17, 15) is 0 Å². The molecule has 2 nitrogen and oxygen atoms in total. The highest BCUT2D eigenvalue weighted by molar-refractivity contribution is 5.87. The van der Waals surface area contributed by atoms with E-state index in [-0.39, 0.29) is 11.8 Å². The summed E-state index contributed by atoms with van der Waals surface area (Å²) in [6.45, 7) is 4.52. The fraction of sp³-hybridized carbons (Fsp3) is 0.0851. The van der Waals surface area contributed by atoms with Crippen molar-refractivity contribution in [1.82, 2.24) is 4.57 Å². The smallest absolute Gasteiger partial charge is 0.192 e. The molecule has 0 fully saturated rings. The van der Waals surface area contributed by atoms with E-state index in [4.69, 9.17) is 0 Å². The zero-order valence-electron chi connectivity index (χ0n) is 27.6. The molecule has 0 unspecified atom stereocenters. The Kier molecular flexibility index (Phi) is 6.17. The maximum Gasteiger partial charge on any atom is 0.264 e. The molecule has 2 bridgehead atoms. The van der Waals surface area contributed by atoms with Crippen LogP contribution in [-0.2, 0) is 0 Å². The summed E-state index contributed by atoms with van der Waals surface area (Å²) in [5, 5.41) is 0. The van der Waals surface area contributed by atoms with E-state index in [2.05, 4.69) is 187 Å². The third-order valence-corrected chi connectivity index (χ3v) is 11.0. The van der Waals surface area contributed by atoms with Crippen LogP contribution in [0.3, 0.4) is 0 Å². The molecule has 232 valence electrons. The highest BCUT2D eigenvalue weighted by Crippen LogP contribution is 2.56. The topological polar surface area (TPSA) is 8.81 Å². The molecule has 1 aromatic heterocycles. The minimum atomic E-state index is 0.199. The first kappa shape index (κ1) is 28.1. The van der Waals surface area contributed by atoms with E-state index >= 15 is 0 Å². The van der Waals surface area contributed by atoms with Gasteiger partial charge in [-0.1, -0.05) is 146 Å². The zero-order chi connectivity index (χ0) is 32.6. The van der Waals surface area contributed by atoms with E-state index < -0.39 is 0 Å². The van der Waals surface area contributed by atoms with Crippen LogP contribution in [0.5, 0.6) is 0 Å². The molecule has 1 heterocycles. The lowest BCUT2D eigenvalue weighted by Crippen LogP contribution is -2.35. The second-order valence-electron chi connectivity index (χ2n) is 13.5. The van der Waals surface area contributed by atoms with E-state index in [0.717, 1.165) is 0 Å². The van der Waals surface area contributed by atoms with E-state index in [1.807, 2.05) is 0 Å². The van der Waals surface area contributed by atoms with Crippen LogP contribution in [0.1, 0.15) is 56.6 Å². The van der Waals surface area contributed by atoms with Gasteiger partial charge in [-0.2, -0.15) is 9.13 Å². The number of hydrogen-bond acceptors (Lipinski definition) is 0. The molecule has 0 radical (unpaired) electrons.